The first-order valence-corrected chi connectivity index (χ1v) is 7.90. The SMILES string of the molecule is CC(NC(=O)Nc1ccccc1OCC(F)F)C1=CCN(C)CC1. The number of para-hydroxylation sites is 2. The molecule has 5 nitrogen and oxygen atoms in total. The Balaban J connectivity index is 1.92. The number of benzene rings is 1. The summed E-state index contributed by atoms with van der Waals surface area (Å²) in [5.41, 5.74) is 1.55. The fourth-order valence-corrected chi connectivity index (χ4v) is 2.48. The van der Waals surface area contributed by atoms with Crippen molar-refractivity contribution >= 4 is 11.7 Å². The molecule has 1 atom stereocenters. The molecule has 132 valence electrons. The standard InChI is InChI=1S/C17H23F2N3O2/c1-12(13-7-9-22(2)10-8-13)20-17(23)21-14-5-3-4-6-15(14)24-11-16(18)19/h3-7,12,16H,8-11H2,1-2H3,(H2,20,21,23). The molecule has 0 aromatic heterocycles. The second kappa shape index (κ2) is 8.63. The number of carbonyl (C=O) groups excluding carboxylic acids is 1. The number of nitrogens with one attached hydrogen (secondary N) is 2. The molecule has 1 aromatic rings. The van der Waals surface area contributed by atoms with E-state index in [1.165, 1.54) is 5.57 Å². The molecule has 24 heavy (non-hydrogen) atoms. The number of hydrogen-bond donors (Lipinski definition) is 2. The molecule has 2 amide bonds. The van der Waals surface area contributed by atoms with Gasteiger partial charge in [-0.1, -0.05) is 18.2 Å². The highest BCUT2D eigenvalue weighted by Gasteiger charge is 2.17. The summed E-state index contributed by atoms with van der Waals surface area (Å²) in [6, 6.07) is 6.04. The third-order valence-corrected chi connectivity index (χ3v) is 3.85. The summed E-state index contributed by atoms with van der Waals surface area (Å²) in [5.74, 6) is 0.221. The second-order valence-corrected chi connectivity index (χ2v) is 5.81. The summed E-state index contributed by atoms with van der Waals surface area (Å²) >= 11 is 0. The van der Waals surface area contributed by atoms with E-state index in [0.717, 1.165) is 19.5 Å². The Labute approximate surface area is 140 Å². The Hall–Kier alpha value is -2.15. The Bertz CT molecular complexity index is 593. The maximum Gasteiger partial charge on any atom is 0.319 e. The topological polar surface area (TPSA) is 53.6 Å². The van der Waals surface area contributed by atoms with Gasteiger partial charge in [0.15, 0.2) is 0 Å². The zero-order valence-electron chi connectivity index (χ0n) is 13.9. The maximum absolute atomic E-state index is 12.3. The van der Waals surface area contributed by atoms with E-state index in [-0.39, 0.29) is 11.8 Å². The van der Waals surface area contributed by atoms with Gasteiger partial charge in [0.1, 0.15) is 12.4 Å². The van der Waals surface area contributed by atoms with Crippen LogP contribution in [0.4, 0.5) is 19.3 Å². The Morgan fingerprint density at radius 1 is 1.38 bits per heavy atom. The molecule has 0 bridgehead atoms. The summed E-state index contributed by atoms with van der Waals surface area (Å²) in [5, 5.41) is 5.52. The molecule has 0 aliphatic carbocycles. The summed E-state index contributed by atoms with van der Waals surface area (Å²) in [6.45, 7) is 3.05. The van der Waals surface area contributed by atoms with Gasteiger partial charge in [-0.25, -0.2) is 13.6 Å². The van der Waals surface area contributed by atoms with Crippen LogP contribution >= 0.6 is 0 Å². The molecule has 7 heteroatoms. The lowest BCUT2D eigenvalue weighted by molar-refractivity contribution is 0.0823. The number of alkyl halides is 2. The Morgan fingerprint density at radius 2 is 2.12 bits per heavy atom. The first-order valence-electron chi connectivity index (χ1n) is 7.90. The largest absolute Gasteiger partial charge is 0.485 e. The molecule has 1 aliphatic rings. The van der Waals surface area contributed by atoms with E-state index in [1.54, 1.807) is 24.3 Å². The number of urea groups is 1. The van der Waals surface area contributed by atoms with Crippen molar-refractivity contribution < 1.29 is 18.3 Å². The van der Waals surface area contributed by atoms with Gasteiger partial charge in [-0.2, -0.15) is 0 Å². The van der Waals surface area contributed by atoms with Crippen molar-refractivity contribution in [1.82, 2.24) is 10.2 Å². The number of nitrogens with zero attached hydrogens (tertiary/aromatic N) is 1. The molecule has 0 fully saturated rings. The van der Waals surface area contributed by atoms with Crippen molar-refractivity contribution in [3.05, 3.63) is 35.9 Å². The first kappa shape index (κ1) is 18.2. The molecular formula is C17H23F2N3O2. The van der Waals surface area contributed by atoms with Gasteiger partial charge in [-0.3, -0.25) is 0 Å². The molecular weight excluding hydrogens is 316 g/mol. The average molecular weight is 339 g/mol. The van der Waals surface area contributed by atoms with Crippen LogP contribution in [-0.4, -0.2) is 50.1 Å². The number of rotatable bonds is 6. The molecule has 0 saturated carbocycles. The van der Waals surface area contributed by atoms with Gasteiger partial charge in [-0.05, 0) is 38.1 Å². The monoisotopic (exact) mass is 339 g/mol. The van der Waals surface area contributed by atoms with Crippen LogP contribution in [0.15, 0.2) is 35.9 Å². The lowest BCUT2D eigenvalue weighted by Gasteiger charge is -2.26. The second-order valence-electron chi connectivity index (χ2n) is 5.81. The predicted octanol–water partition coefficient (Wildman–Crippen LogP) is 3.10. The highest BCUT2D eigenvalue weighted by molar-refractivity contribution is 5.91. The van der Waals surface area contributed by atoms with Gasteiger partial charge in [-0.15, -0.1) is 0 Å². The van der Waals surface area contributed by atoms with Crippen LogP contribution in [0.5, 0.6) is 5.75 Å². The molecule has 1 aromatic carbocycles. The molecule has 0 spiro atoms. The van der Waals surface area contributed by atoms with Gasteiger partial charge in [0.05, 0.1) is 5.69 Å². The number of halogens is 2. The molecule has 0 saturated heterocycles. The molecule has 0 radical (unpaired) electrons. The van der Waals surface area contributed by atoms with Crippen molar-refractivity contribution in [2.24, 2.45) is 0 Å². The average Bonchev–Trinajstić information content (AvgIpc) is 2.54. The van der Waals surface area contributed by atoms with Crippen molar-refractivity contribution in [2.45, 2.75) is 25.8 Å². The fraction of sp³-hybridized carbons (Fsp3) is 0.471. The zero-order valence-corrected chi connectivity index (χ0v) is 13.9. The van der Waals surface area contributed by atoms with Crippen LogP contribution in [0.1, 0.15) is 13.3 Å². The van der Waals surface area contributed by atoms with Crippen LogP contribution in [0.3, 0.4) is 0 Å². The van der Waals surface area contributed by atoms with Gasteiger partial charge in [0, 0.05) is 19.1 Å². The minimum Gasteiger partial charge on any atom is -0.485 e. The number of likely N-dealkylation sites (N-methyl/N-ethyl adjacent to an activating group) is 1. The Morgan fingerprint density at radius 3 is 2.79 bits per heavy atom. The van der Waals surface area contributed by atoms with Crippen molar-refractivity contribution in [1.29, 1.82) is 0 Å². The molecule has 1 heterocycles. The minimum absolute atomic E-state index is 0.0900. The number of ether oxygens (including phenoxy) is 1. The van der Waals surface area contributed by atoms with Crippen molar-refractivity contribution in [3.63, 3.8) is 0 Å². The minimum atomic E-state index is -2.57. The van der Waals surface area contributed by atoms with Crippen LogP contribution < -0.4 is 15.4 Å². The lowest BCUT2D eigenvalue weighted by Crippen LogP contribution is -2.39. The number of carbonyl (C=O) groups is 1. The Kier molecular flexibility index (Phi) is 6.54. The maximum atomic E-state index is 12.3. The van der Waals surface area contributed by atoms with E-state index in [1.807, 2.05) is 6.92 Å². The van der Waals surface area contributed by atoms with Crippen LogP contribution in [0.2, 0.25) is 0 Å². The first-order chi connectivity index (χ1) is 11.5. The summed E-state index contributed by atoms with van der Waals surface area (Å²) in [6.07, 6.45) is 0.462. The van der Waals surface area contributed by atoms with Crippen LogP contribution in [-0.2, 0) is 0 Å². The van der Waals surface area contributed by atoms with Crippen LogP contribution in [0, 0.1) is 0 Å². The van der Waals surface area contributed by atoms with E-state index in [0.29, 0.717) is 5.69 Å². The van der Waals surface area contributed by atoms with E-state index >= 15 is 0 Å². The smallest absolute Gasteiger partial charge is 0.319 e. The lowest BCUT2D eigenvalue weighted by atomic mass is 10.0. The quantitative estimate of drug-likeness (QED) is 0.783. The molecule has 1 unspecified atom stereocenters. The molecule has 2 rings (SSSR count). The third-order valence-electron chi connectivity index (χ3n) is 3.85. The summed E-state index contributed by atoms with van der Waals surface area (Å²) in [7, 11) is 2.05. The van der Waals surface area contributed by atoms with E-state index in [4.69, 9.17) is 4.74 Å². The third kappa shape index (κ3) is 5.49. The summed E-state index contributed by atoms with van der Waals surface area (Å²) in [4.78, 5) is 14.4. The molecule has 2 N–H and O–H groups in total. The van der Waals surface area contributed by atoms with Crippen molar-refractivity contribution in [3.8, 4) is 5.75 Å². The van der Waals surface area contributed by atoms with Gasteiger partial charge >= 0.3 is 6.03 Å². The zero-order chi connectivity index (χ0) is 17.5. The fourth-order valence-electron chi connectivity index (χ4n) is 2.48. The highest BCUT2D eigenvalue weighted by Crippen LogP contribution is 2.24. The van der Waals surface area contributed by atoms with Gasteiger partial charge in [0.2, 0.25) is 0 Å². The van der Waals surface area contributed by atoms with Gasteiger partial charge < -0.3 is 20.3 Å². The van der Waals surface area contributed by atoms with Gasteiger partial charge in [0.25, 0.3) is 6.43 Å². The predicted molar refractivity (Wildman–Crippen MR) is 89.8 cm³/mol. The molecule has 1 aliphatic heterocycles. The summed E-state index contributed by atoms with van der Waals surface area (Å²) < 4.78 is 29.6. The van der Waals surface area contributed by atoms with Crippen molar-refractivity contribution in [2.75, 3.05) is 32.1 Å². The normalized spacial score (nSPS) is 16.5. The van der Waals surface area contributed by atoms with Crippen LogP contribution in [0.25, 0.3) is 0 Å². The van der Waals surface area contributed by atoms with E-state index in [2.05, 4.69) is 28.7 Å². The van der Waals surface area contributed by atoms with E-state index in [9.17, 15) is 13.6 Å². The number of hydrogen-bond acceptors (Lipinski definition) is 3. The number of amides is 2. The number of anilines is 1. The highest BCUT2D eigenvalue weighted by atomic mass is 19.3. The van der Waals surface area contributed by atoms with E-state index < -0.39 is 19.1 Å².